The summed E-state index contributed by atoms with van der Waals surface area (Å²) in [5.74, 6) is 1.09. The smallest absolute Gasteiger partial charge is 0.258 e. The number of pyridine rings is 2. The van der Waals surface area contributed by atoms with Crippen molar-refractivity contribution >= 4 is 16.7 Å². The first-order valence-corrected chi connectivity index (χ1v) is 13.2. The highest BCUT2D eigenvalue weighted by Gasteiger charge is 2.12. The van der Waals surface area contributed by atoms with E-state index in [0.29, 0.717) is 31.2 Å². The SMILES string of the molecule is CC(C)CNC(=O)c1ccc(OCCCNC(CCn2ccc3ccccc3c2=O)c2ccncc2)cc1. The fourth-order valence-electron chi connectivity index (χ4n) is 4.30. The zero-order chi connectivity index (χ0) is 26.7. The first kappa shape index (κ1) is 27.1. The molecule has 0 bridgehead atoms. The highest BCUT2D eigenvalue weighted by Crippen LogP contribution is 2.18. The van der Waals surface area contributed by atoms with Gasteiger partial charge in [-0.15, -0.1) is 0 Å². The number of nitrogens with one attached hydrogen (secondary N) is 2. The van der Waals surface area contributed by atoms with E-state index in [9.17, 15) is 9.59 Å². The largest absolute Gasteiger partial charge is 0.494 e. The van der Waals surface area contributed by atoms with Gasteiger partial charge in [0.05, 0.1) is 6.61 Å². The van der Waals surface area contributed by atoms with Gasteiger partial charge < -0.3 is 19.9 Å². The fourth-order valence-corrected chi connectivity index (χ4v) is 4.30. The highest BCUT2D eigenvalue weighted by atomic mass is 16.5. The van der Waals surface area contributed by atoms with Crippen LogP contribution in [-0.4, -0.2) is 35.2 Å². The molecule has 0 fully saturated rings. The van der Waals surface area contributed by atoms with Gasteiger partial charge in [0.2, 0.25) is 0 Å². The van der Waals surface area contributed by atoms with Crippen LogP contribution in [-0.2, 0) is 6.54 Å². The Balaban J connectivity index is 1.28. The number of rotatable bonds is 13. The van der Waals surface area contributed by atoms with E-state index < -0.39 is 0 Å². The van der Waals surface area contributed by atoms with E-state index in [-0.39, 0.29) is 17.5 Å². The third kappa shape index (κ3) is 7.52. The molecule has 0 aliphatic rings. The van der Waals surface area contributed by atoms with Crippen molar-refractivity contribution < 1.29 is 9.53 Å². The third-order valence-electron chi connectivity index (χ3n) is 6.42. The van der Waals surface area contributed by atoms with Crippen LogP contribution in [0.5, 0.6) is 5.75 Å². The van der Waals surface area contributed by atoms with Gasteiger partial charge in [0.25, 0.3) is 11.5 Å². The Bertz CT molecular complexity index is 1370. The zero-order valence-electron chi connectivity index (χ0n) is 22.1. The molecule has 4 rings (SSSR count). The van der Waals surface area contributed by atoms with Gasteiger partial charge in [-0.05, 0) is 84.8 Å². The van der Waals surface area contributed by atoms with Crippen LogP contribution in [0.1, 0.15) is 48.7 Å². The number of hydrogen-bond acceptors (Lipinski definition) is 5. The maximum absolute atomic E-state index is 12.9. The molecule has 7 heteroatoms. The van der Waals surface area contributed by atoms with Crippen LogP contribution in [0.25, 0.3) is 10.8 Å². The molecule has 2 aromatic carbocycles. The lowest BCUT2D eigenvalue weighted by Gasteiger charge is -2.20. The average molecular weight is 513 g/mol. The summed E-state index contributed by atoms with van der Waals surface area (Å²) < 4.78 is 7.67. The Kier molecular flexibility index (Phi) is 9.65. The highest BCUT2D eigenvalue weighted by molar-refractivity contribution is 5.94. The van der Waals surface area contributed by atoms with E-state index in [2.05, 4.69) is 29.5 Å². The molecule has 2 aromatic heterocycles. The Morgan fingerprint density at radius 3 is 2.53 bits per heavy atom. The predicted molar refractivity (Wildman–Crippen MR) is 152 cm³/mol. The number of ether oxygens (including phenoxy) is 1. The number of benzene rings is 2. The number of hydrogen-bond donors (Lipinski definition) is 2. The molecule has 38 heavy (non-hydrogen) atoms. The summed E-state index contributed by atoms with van der Waals surface area (Å²) in [6.45, 7) is 6.71. The first-order valence-electron chi connectivity index (χ1n) is 13.2. The minimum atomic E-state index is -0.0671. The van der Waals surface area contributed by atoms with E-state index in [4.69, 9.17) is 4.74 Å². The van der Waals surface area contributed by atoms with Crippen molar-refractivity contribution in [3.05, 3.63) is 107 Å². The van der Waals surface area contributed by atoms with Crippen LogP contribution in [0.15, 0.2) is 90.1 Å². The van der Waals surface area contributed by atoms with Gasteiger partial charge in [0.1, 0.15) is 5.75 Å². The third-order valence-corrected chi connectivity index (χ3v) is 6.42. The minimum Gasteiger partial charge on any atom is -0.494 e. The molecule has 0 spiro atoms. The van der Waals surface area contributed by atoms with Crippen molar-refractivity contribution in [2.24, 2.45) is 5.92 Å². The van der Waals surface area contributed by atoms with Crippen LogP contribution < -0.4 is 20.9 Å². The molecular formula is C31H36N4O3. The van der Waals surface area contributed by atoms with Crippen molar-refractivity contribution in [3.63, 3.8) is 0 Å². The van der Waals surface area contributed by atoms with E-state index in [1.165, 1.54) is 0 Å². The fraction of sp³-hybridized carbons (Fsp3) is 0.323. The van der Waals surface area contributed by atoms with Crippen LogP contribution in [0.2, 0.25) is 0 Å². The van der Waals surface area contributed by atoms with Gasteiger partial charge >= 0.3 is 0 Å². The van der Waals surface area contributed by atoms with Gasteiger partial charge in [-0.25, -0.2) is 0 Å². The molecule has 0 saturated heterocycles. The molecule has 2 heterocycles. The second kappa shape index (κ2) is 13.5. The quantitative estimate of drug-likeness (QED) is 0.247. The van der Waals surface area contributed by atoms with E-state index >= 15 is 0 Å². The van der Waals surface area contributed by atoms with E-state index in [0.717, 1.165) is 41.5 Å². The summed E-state index contributed by atoms with van der Waals surface area (Å²) in [5, 5.41) is 8.24. The van der Waals surface area contributed by atoms with E-state index in [1.54, 1.807) is 29.1 Å². The maximum Gasteiger partial charge on any atom is 0.258 e. The molecule has 7 nitrogen and oxygen atoms in total. The van der Waals surface area contributed by atoms with Crippen LogP contribution >= 0.6 is 0 Å². The van der Waals surface area contributed by atoms with Crippen molar-refractivity contribution in [3.8, 4) is 5.75 Å². The molecule has 198 valence electrons. The number of fused-ring (bicyclic) bond motifs is 1. The molecule has 4 aromatic rings. The van der Waals surface area contributed by atoms with Crippen molar-refractivity contribution in [1.82, 2.24) is 20.2 Å². The molecule has 0 radical (unpaired) electrons. The van der Waals surface area contributed by atoms with Gasteiger partial charge in [-0.3, -0.25) is 14.6 Å². The second-order valence-corrected chi connectivity index (χ2v) is 9.81. The van der Waals surface area contributed by atoms with Crippen molar-refractivity contribution in [2.75, 3.05) is 19.7 Å². The Morgan fingerprint density at radius 1 is 1.00 bits per heavy atom. The summed E-state index contributed by atoms with van der Waals surface area (Å²) in [5.41, 5.74) is 1.81. The lowest BCUT2D eigenvalue weighted by molar-refractivity contribution is 0.0949. The normalized spacial score (nSPS) is 12.0. The van der Waals surface area contributed by atoms with Crippen LogP contribution in [0.4, 0.5) is 0 Å². The number of aryl methyl sites for hydroxylation is 1. The standard InChI is InChI=1S/C31H36N4O3/c1-23(2)22-34-30(36)26-8-10-27(11-9-26)38-21-5-16-33-29(25-12-17-32-18-13-25)15-20-35-19-14-24-6-3-4-7-28(24)31(35)37/h3-4,6-14,17-19,23,29,33H,5,15-16,20-22H2,1-2H3,(H,34,36). The molecular weight excluding hydrogens is 476 g/mol. The second-order valence-electron chi connectivity index (χ2n) is 9.81. The lowest BCUT2D eigenvalue weighted by Crippen LogP contribution is -2.27. The van der Waals surface area contributed by atoms with Gasteiger partial charge in [-0.1, -0.05) is 32.0 Å². The Hall–Kier alpha value is -3.97. The van der Waals surface area contributed by atoms with Crippen molar-refractivity contribution in [1.29, 1.82) is 0 Å². The lowest BCUT2D eigenvalue weighted by atomic mass is 10.0. The summed E-state index contributed by atoms with van der Waals surface area (Å²) in [6, 6.07) is 21.0. The number of nitrogens with zero attached hydrogens (tertiary/aromatic N) is 2. The van der Waals surface area contributed by atoms with Crippen LogP contribution in [0.3, 0.4) is 0 Å². The molecule has 0 saturated carbocycles. The van der Waals surface area contributed by atoms with Gasteiger partial charge in [-0.2, -0.15) is 0 Å². The topological polar surface area (TPSA) is 85.2 Å². The predicted octanol–water partition coefficient (Wildman–Crippen LogP) is 4.97. The molecule has 1 unspecified atom stereocenters. The maximum atomic E-state index is 12.9. The van der Waals surface area contributed by atoms with Gasteiger partial charge in [0.15, 0.2) is 0 Å². The first-order chi connectivity index (χ1) is 18.5. The number of carbonyl (C=O) groups excluding carboxylic acids is 1. The monoisotopic (exact) mass is 512 g/mol. The number of aromatic nitrogens is 2. The zero-order valence-corrected chi connectivity index (χ0v) is 22.1. The average Bonchev–Trinajstić information content (AvgIpc) is 2.95. The Labute approximate surface area is 223 Å². The molecule has 0 aliphatic carbocycles. The minimum absolute atomic E-state index is 0.0356. The number of amides is 1. The molecule has 1 amide bonds. The summed E-state index contributed by atoms with van der Waals surface area (Å²) >= 11 is 0. The summed E-state index contributed by atoms with van der Waals surface area (Å²) in [4.78, 5) is 29.2. The van der Waals surface area contributed by atoms with Crippen molar-refractivity contribution in [2.45, 2.75) is 39.3 Å². The van der Waals surface area contributed by atoms with Gasteiger partial charge in [0, 0.05) is 48.7 Å². The number of carbonyl (C=O) groups is 1. The summed E-state index contributed by atoms with van der Waals surface area (Å²) in [7, 11) is 0. The molecule has 1 atom stereocenters. The van der Waals surface area contributed by atoms with E-state index in [1.807, 2.05) is 60.8 Å². The summed E-state index contributed by atoms with van der Waals surface area (Å²) in [6.07, 6.45) is 7.04. The molecule has 2 N–H and O–H groups in total. The molecule has 0 aliphatic heterocycles. The van der Waals surface area contributed by atoms with Crippen LogP contribution in [0, 0.1) is 5.92 Å². The Morgan fingerprint density at radius 2 is 1.76 bits per heavy atom.